The van der Waals surface area contributed by atoms with Gasteiger partial charge in [0.1, 0.15) is 5.01 Å². The van der Waals surface area contributed by atoms with E-state index in [4.69, 9.17) is 0 Å². The number of carboxylic acid groups (broad SMARTS) is 1. The van der Waals surface area contributed by atoms with Gasteiger partial charge in [-0.25, -0.2) is 22.5 Å². The molecule has 182 valence electrons. The van der Waals surface area contributed by atoms with Crippen LogP contribution in [0.2, 0.25) is 0 Å². The minimum atomic E-state index is -4.46. The smallest absolute Gasteiger partial charge is 0.416 e. The van der Waals surface area contributed by atoms with Crippen LogP contribution in [0.5, 0.6) is 0 Å². The zero-order valence-electron chi connectivity index (χ0n) is 18.8. The molecule has 11 heteroatoms. The largest absolute Gasteiger partial charge is 0.478 e. The Morgan fingerprint density at radius 2 is 1.76 bits per heavy atom. The van der Waals surface area contributed by atoms with Crippen LogP contribution in [0, 0.1) is 6.92 Å². The number of sulfonamides is 1. The van der Waals surface area contributed by atoms with Gasteiger partial charge in [-0.3, -0.25) is 0 Å². The summed E-state index contributed by atoms with van der Waals surface area (Å²) >= 11 is 1.16. The van der Waals surface area contributed by atoms with Crippen molar-refractivity contribution in [3.8, 4) is 10.6 Å². The zero-order valence-corrected chi connectivity index (χ0v) is 20.5. The van der Waals surface area contributed by atoms with Gasteiger partial charge in [-0.1, -0.05) is 32.0 Å². The number of thiazole rings is 1. The van der Waals surface area contributed by atoms with E-state index in [1.165, 1.54) is 24.3 Å². The number of anilines is 1. The molecule has 34 heavy (non-hydrogen) atoms. The van der Waals surface area contributed by atoms with Crippen LogP contribution in [0.1, 0.15) is 53.1 Å². The number of benzene rings is 2. The fourth-order valence-electron chi connectivity index (χ4n) is 3.49. The van der Waals surface area contributed by atoms with Gasteiger partial charge < -0.3 is 5.11 Å². The van der Waals surface area contributed by atoms with E-state index in [1.54, 1.807) is 13.8 Å². The monoisotopic (exact) mass is 512 g/mol. The number of carbonyl (C=O) groups is 1. The van der Waals surface area contributed by atoms with Crippen LogP contribution >= 0.6 is 11.3 Å². The molecule has 0 saturated carbocycles. The van der Waals surface area contributed by atoms with E-state index in [-0.39, 0.29) is 28.7 Å². The van der Waals surface area contributed by atoms with Gasteiger partial charge in [0.15, 0.2) is 5.82 Å². The molecule has 1 aromatic heterocycles. The molecule has 0 saturated heterocycles. The molecule has 0 bridgehead atoms. The number of aromatic carboxylic acids is 1. The van der Waals surface area contributed by atoms with Crippen LogP contribution in [0.25, 0.3) is 10.6 Å². The Balaban J connectivity index is 2.03. The molecular weight excluding hydrogens is 489 g/mol. The first-order valence-corrected chi connectivity index (χ1v) is 12.6. The van der Waals surface area contributed by atoms with E-state index in [2.05, 4.69) is 4.98 Å². The first kappa shape index (κ1) is 25.7. The topological polar surface area (TPSA) is 87.6 Å². The van der Waals surface area contributed by atoms with Crippen LogP contribution in [0.4, 0.5) is 19.0 Å². The van der Waals surface area contributed by atoms with Gasteiger partial charge in [0.2, 0.25) is 0 Å². The summed E-state index contributed by atoms with van der Waals surface area (Å²) in [5.41, 5.74) is 0.0633. The van der Waals surface area contributed by atoms with Gasteiger partial charge in [-0.05, 0) is 49.6 Å². The normalized spacial score (nSPS) is 12.2. The number of hydrogen-bond donors (Lipinski definition) is 1. The SMILES string of the molecule is CCN(c1nc(-c2ccc(C(F)(F)F)cc2)sc1C)S(=O)(=O)c1ccc(C(C)C)c(C(=O)O)c1. The molecule has 6 nitrogen and oxygen atoms in total. The molecule has 1 heterocycles. The molecule has 0 unspecified atom stereocenters. The van der Waals surface area contributed by atoms with Crippen LogP contribution in [0.15, 0.2) is 47.4 Å². The van der Waals surface area contributed by atoms with E-state index in [0.29, 0.717) is 21.0 Å². The van der Waals surface area contributed by atoms with Crippen molar-refractivity contribution in [2.75, 3.05) is 10.8 Å². The lowest BCUT2D eigenvalue weighted by molar-refractivity contribution is -0.137. The third-order valence-corrected chi connectivity index (χ3v) is 8.09. The van der Waals surface area contributed by atoms with Crippen molar-refractivity contribution in [1.82, 2.24) is 4.98 Å². The van der Waals surface area contributed by atoms with Gasteiger partial charge in [-0.15, -0.1) is 11.3 Å². The molecule has 0 fully saturated rings. The molecule has 0 aliphatic heterocycles. The zero-order chi connectivity index (χ0) is 25.4. The molecule has 3 aromatic rings. The predicted molar refractivity (Wildman–Crippen MR) is 125 cm³/mol. The minimum Gasteiger partial charge on any atom is -0.478 e. The lowest BCUT2D eigenvalue weighted by Crippen LogP contribution is -2.31. The third-order valence-electron chi connectivity index (χ3n) is 5.22. The fraction of sp³-hybridized carbons (Fsp3) is 0.304. The number of carboxylic acids is 1. The van der Waals surface area contributed by atoms with Crippen molar-refractivity contribution in [2.24, 2.45) is 0 Å². The Labute approximate surface area is 199 Å². The Morgan fingerprint density at radius 3 is 2.26 bits per heavy atom. The quantitative estimate of drug-likeness (QED) is 0.409. The highest BCUT2D eigenvalue weighted by molar-refractivity contribution is 7.92. The molecular formula is C23H23F3N2O4S2. The Bertz CT molecular complexity index is 1310. The van der Waals surface area contributed by atoms with E-state index in [0.717, 1.165) is 33.8 Å². The lowest BCUT2D eigenvalue weighted by atomic mass is 9.97. The standard InChI is InChI=1S/C23H23F3N2O4S2/c1-5-28(34(31,32)17-10-11-18(13(2)3)19(12-17)22(29)30)20-14(4)33-21(27-20)15-6-8-16(9-7-15)23(24,25)26/h6-13H,5H2,1-4H3,(H,29,30). The second-order valence-corrected chi connectivity index (χ2v) is 10.9. The number of aryl methyl sites for hydroxylation is 1. The Morgan fingerprint density at radius 1 is 1.15 bits per heavy atom. The summed E-state index contributed by atoms with van der Waals surface area (Å²) in [7, 11) is -4.15. The summed E-state index contributed by atoms with van der Waals surface area (Å²) in [5, 5.41) is 9.94. The van der Waals surface area contributed by atoms with E-state index in [1.807, 2.05) is 13.8 Å². The average molecular weight is 513 g/mol. The van der Waals surface area contributed by atoms with E-state index < -0.39 is 27.7 Å². The van der Waals surface area contributed by atoms with Crippen molar-refractivity contribution < 1.29 is 31.5 Å². The highest BCUT2D eigenvalue weighted by atomic mass is 32.2. The highest BCUT2D eigenvalue weighted by Gasteiger charge is 2.31. The van der Waals surface area contributed by atoms with Crippen LogP contribution < -0.4 is 4.31 Å². The second kappa shape index (κ2) is 9.38. The Hall–Kier alpha value is -2.92. The molecule has 3 rings (SSSR count). The maximum absolute atomic E-state index is 13.4. The molecule has 0 spiro atoms. The van der Waals surface area contributed by atoms with Crippen molar-refractivity contribution in [3.63, 3.8) is 0 Å². The molecule has 1 N–H and O–H groups in total. The van der Waals surface area contributed by atoms with Crippen LogP contribution in [0.3, 0.4) is 0 Å². The first-order chi connectivity index (χ1) is 15.8. The summed E-state index contributed by atoms with van der Waals surface area (Å²) in [6.07, 6.45) is -4.46. The highest BCUT2D eigenvalue weighted by Crippen LogP contribution is 2.37. The summed E-state index contributed by atoms with van der Waals surface area (Å²) < 4.78 is 66.5. The fourth-order valence-corrected chi connectivity index (χ4v) is 5.98. The first-order valence-electron chi connectivity index (χ1n) is 10.3. The number of aromatic nitrogens is 1. The van der Waals surface area contributed by atoms with Crippen LogP contribution in [-0.4, -0.2) is 31.0 Å². The maximum Gasteiger partial charge on any atom is 0.416 e. The molecule has 2 aromatic carbocycles. The molecule has 0 atom stereocenters. The van der Waals surface area contributed by atoms with E-state index in [9.17, 15) is 31.5 Å². The van der Waals surface area contributed by atoms with Crippen molar-refractivity contribution in [1.29, 1.82) is 0 Å². The molecule has 0 aliphatic carbocycles. The number of alkyl halides is 3. The third kappa shape index (κ3) is 4.95. The average Bonchev–Trinajstić information content (AvgIpc) is 3.14. The minimum absolute atomic E-state index is 0.0215. The number of nitrogens with zero attached hydrogens (tertiary/aromatic N) is 2. The number of hydrogen-bond acceptors (Lipinski definition) is 5. The van der Waals surface area contributed by atoms with Gasteiger partial charge in [0.25, 0.3) is 10.0 Å². The predicted octanol–water partition coefficient (Wildman–Crippen LogP) is 6.17. The van der Waals surface area contributed by atoms with Gasteiger partial charge in [0, 0.05) is 17.0 Å². The van der Waals surface area contributed by atoms with Crippen molar-refractivity contribution in [2.45, 2.75) is 44.7 Å². The summed E-state index contributed by atoms with van der Waals surface area (Å²) in [6, 6.07) is 8.50. The van der Waals surface area contributed by atoms with E-state index >= 15 is 0 Å². The van der Waals surface area contributed by atoms with Gasteiger partial charge in [-0.2, -0.15) is 13.2 Å². The lowest BCUT2D eigenvalue weighted by Gasteiger charge is -2.22. The summed E-state index contributed by atoms with van der Waals surface area (Å²) in [5.74, 6) is -1.19. The summed E-state index contributed by atoms with van der Waals surface area (Å²) in [4.78, 5) is 16.5. The maximum atomic E-state index is 13.4. The summed E-state index contributed by atoms with van der Waals surface area (Å²) in [6.45, 7) is 6.94. The van der Waals surface area contributed by atoms with Crippen molar-refractivity contribution >= 4 is 33.1 Å². The van der Waals surface area contributed by atoms with Crippen molar-refractivity contribution in [3.05, 3.63) is 64.0 Å². The molecule has 0 aliphatic rings. The van der Waals surface area contributed by atoms with Gasteiger partial charge >= 0.3 is 12.1 Å². The number of halogens is 3. The molecule has 0 radical (unpaired) electrons. The van der Waals surface area contributed by atoms with Gasteiger partial charge in [0.05, 0.1) is 16.0 Å². The molecule has 0 amide bonds. The second-order valence-electron chi connectivity index (χ2n) is 7.85. The van der Waals surface area contributed by atoms with Crippen LogP contribution in [-0.2, 0) is 16.2 Å². The number of rotatable bonds is 7. The Kier molecular flexibility index (Phi) is 7.09.